The molecule has 1 unspecified atom stereocenters. The van der Waals surface area contributed by atoms with E-state index in [4.69, 9.17) is 0 Å². The predicted molar refractivity (Wildman–Crippen MR) is 83.0 cm³/mol. The van der Waals surface area contributed by atoms with Gasteiger partial charge in [-0.3, -0.25) is 9.59 Å². The number of amides is 1. The number of carbonyl (C=O) groups excluding carboxylic acids is 1. The second-order valence-corrected chi connectivity index (χ2v) is 6.51. The Kier molecular flexibility index (Phi) is 6.09. The zero-order chi connectivity index (χ0) is 16.9. The molecule has 2 N–H and O–H groups in total. The molecule has 0 bridgehead atoms. The number of hydrogen-bond donors (Lipinski definition) is 2. The maximum absolute atomic E-state index is 13.0. The number of aliphatic carboxylic acids is 1. The molecule has 0 heterocycles. The van der Waals surface area contributed by atoms with Gasteiger partial charge in [-0.2, -0.15) is 0 Å². The molecule has 1 aromatic carbocycles. The molecule has 5 heteroatoms. The SMILES string of the molecule is CC(C)CC(CNC(=O)C(C)(C)c1ccc(F)cc1)C(=O)O. The Balaban J connectivity index is 2.74. The minimum Gasteiger partial charge on any atom is -0.481 e. The van der Waals surface area contributed by atoms with Crippen molar-refractivity contribution >= 4 is 11.9 Å². The number of carboxylic acids is 1. The molecule has 1 amide bonds. The molecule has 0 aliphatic carbocycles. The second kappa shape index (κ2) is 7.38. The van der Waals surface area contributed by atoms with E-state index in [1.807, 2.05) is 13.8 Å². The number of carboxylic acid groups (broad SMARTS) is 1. The summed E-state index contributed by atoms with van der Waals surface area (Å²) >= 11 is 0. The summed E-state index contributed by atoms with van der Waals surface area (Å²) in [6.45, 7) is 7.44. The lowest BCUT2D eigenvalue weighted by Crippen LogP contribution is -2.43. The lowest BCUT2D eigenvalue weighted by Gasteiger charge is -2.25. The first kappa shape index (κ1) is 18.1. The van der Waals surface area contributed by atoms with Crippen molar-refractivity contribution in [2.24, 2.45) is 11.8 Å². The topological polar surface area (TPSA) is 66.4 Å². The number of rotatable bonds is 7. The van der Waals surface area contributed by atoms with Gasteiger partial charge in [0.05, 0.1) is 11.3 Å². The lowest BCUT2D eigenvalue weighted by atomic mass is 9.83. The third kappa shape index (κ3) is 4.83. The van der Waals surface area contributed by atoms with E-state index in [9.17, 15) is 19.1 Å². The van der Waals surface area contributed by atoms with Crippen LogP contribution in [0.1, 0.15) is 39.7 Å². The zero-order valence-corrected chi connectivity index (χ0v) is 13.5. The van der Waals surface area contributed by atoms with E-state index in [0.717, 1.165) is 0 Å². The average molecular weight is 309 g/mol. The zero-order valence-electron chi connectivity index (χ0n) is 13.5. The van der Waals surface area contributed by atoms with Crippen LogP contribution >= 0.6 is 0 Å². The Morgan fingerprint density at radius 2 is 1.77 bits per heavy atom. The molecule has 0 aromatic heterocycles. The van der Waals surface area contributed by atoms with Crippen LogP contribution in [0.5, 0.6) is 0 Å². The summed E-state index contributed by atoms with van der Waals surface area (Å²) in [5.41, 5.74) is -0.170. The highest BCUT2D eigenvalue weighted by molar-refractivity contribution is 5.87. The summed E-state index contributed by atoms with van der Waals surface area (Å²) in [6.07, 6.45) is 0.507. The van der Waals surface area contributed by atoms with Gasteiger partial charge in [0, 0.05) is 6.54 Å². The van der Waals surface area contributed by atoms with Crippen LogP contribution in [0.4, 0.5) is 4.39 Å². The van der Waals surface area contributed by atoms with E-state index in [2.05, 4.69) is 5.32 Å². The maximum Gasteiger partial charge on any atom is 0.308 e. The fourth-order valence-electron chi connectivity index (χ4n) is 2.28. The Bertz CT molecular complexity index is 523. The summed E-state index contributed by atoms with van der Waals surface area (Å²) in [6, 6.07) is 5.75. The van der Waals surface area contributed by atoms with Gasteiger partial charge < -0.3 is 10.4 Å². The molecule has 1 atom stereocenters. The van der Waals surface area contributed by atoms with Gasteiger partial charge in [0.2, 0.25) is 5.91 Å². The summed E-state index contributed by atoms with van der Waals surface area (Å²) < 4.78 is 13.0. The van der Waals surface area contributed by atoms with E-state index in [0.29, 0.717) is 12.0 Å². The average Bonchev–Trinajstić information content (AvgIpc) is 2.42. The molecule has 0 fully saturated rings. The molecule has 1 rings (SSSR count). The third-order valence-corrected chi connectivity index (χ3v) is 3.75. The predicted octanol–water partition coefficient (Wildman–Crippen LogP) is 2.97. The standard InChI is InChI=1S/C17H24FNO3/c1-11(2)9-12(15(20)21)10-19-16(22)17(3,4)13-5-7-14(18)8-6-13/h5-8,11-12H,9-10H2,1-4H3,(H,19,22)(H,20,21). The molecular weight excluding hydrogens is 285 g/mol. The quantitative estimate of drug-likeness (QED) is 0.814. The van der Waals surface area contributed by atoms with Crippen molar-refractivity contribution in [2.45, 2.75) is 39.5 Å². The summed E-state index contributed by atoms with van der Waals surface area (Å²) in [4.78, 5) is 23.6. The molecule has 0 aliphatic rings. The molecule has 1 aromatic rings. The Morgan fingerprint density at radius 3 is 2.23 bits per heavy atom. The van der Waals surface area contributed by atoms with Crippen LogP contribution < -0.4 is 5.32 Å². The van der Waals surface area contributed by atoms with Gasteiger partial charge in [-0.25, -0.2) is 4.39 Å². The number of carbonyl (C=O) groups is 2. The van der Waals surface area contributed by atoms with Gasteiger partial charge in [0.15, 0.2) is 0 Å². The van der Waals surface area contributed by atoms with Crippen molar-refractivity contribution < 1.29 is 19.1 Å². The van der Waals surface area contributed by atoms with Gasteiger partial charge in [-0.15, -0.1) is 0 Å². The van der Waals surface area contributed by atoms with Crippen molar-refractivity contribution in [3.63, 3.8) is 0 Å². The number of halogens is 1. The van der Waals surface area contributed by atoms with Crippen molar-refractivity contribution in [3.05, 3.63) is 35.6 Å². The third-order valence-electron chi connectivity index (χ3n) is 3.75. The highest BCUT2D eigenvalue weighted by Crippen LogP contribution is 2.24. The second-order valence-electron chi connectivity index (χ2n) is 6.51. The minimum absolute atomic E-state index is 0.0942. The summed E-state index contributed by atoms with van der Waals surface area (Å²) in [5, 5.41) is 11.9. The van der Waals surface area contributed by atoms with E-state index in [1.54, 1.807) is 26.0 Å². The molecule has 4 nitrogen and oxygen atoms in total. The molecule has 0 radical (unpaired) electrons. The first-order chi connectivity index (χ1) is 10.1. The van der Waals surface area contributed by atoms with Crippen LogP contribution in [0.3, 0.4) is 0 Å². The van der Waals surface area contributed by atoms with Crippen LogP contribution in [-0.4, -0.2) is 23.5 Å². The van der Waals surface area contributed by atoms with E-state index in [1.165, 1.54) is 12.1 Å². The van der Waals surface area contributed by atoms with Gasteiger partial charge in [-0.05, 0) is 43.9 Å². The van der Waals surface area contributed by atoms with Crippen LogP contribution in [0.2, 0.25) is 0 Å². The Labute approximate surface area is 130 Å². The largest absolute Gasteiger partial charge is 0.481 e. The van der Waals surface area contributed by atoms with Gasteiger partial charge in [0.1, 0.15) is 5.82 Å². The minimum atomic E-state index is -0.909. The molecule has 0 spiro atoms. The maximum atomic E-state index is 13.0. The highest BCUT2D eigenvalue weighted by Gasteiger charge is 2.31. The Hall–Kier alpha value is -1.91. The number of hydrogen-bond acceptors (Lipinski definition) is 2. The first-order valence-corrected chi connectivity index (χ1v) is 7.41. The van der Waals surface area contributed by atoms with Crippen LogP contribution in [0.25, 0.3) is 0 Å². The van der Waals surface area contributed by atoms with Crippen molar-refractivity contribution in [2.75, 3.05) is 6.54 Å². The number of nitrogens with one attached hydrogen (secondary N) is 1. The van der Waals surface area contributed by atoms with Crippen molar-refractivity contribution in [1.82, 2.24) is 5.32 Å². The van der Waals surface area contributed by atoms with Crippen LogP contribution in [0.15, 0.2) is 24.3 Å². The molecule has 0 saturated carbocycles. The molecular formula is C17H24FNO3. The summed E-state index contributed by atoms with van der Waals surface area (Å²) in [7, 11) is 0. The summed E-state index contributed by atoms with van der Waals surface area (Å²) in [5.74, 6) is -1.90. The number of benzene rings is 1. The highest BCUT2D eigenvalue weighted by atomic mass is 19.1. The van der Waals surface area contributed by atoms with Gasteiger partial charge in [0.25, 0.3) is 0 Å². The van der Waals surface area contributed by atoms with Gasteiger partial charge in [-0.1, -0.05) is 26.0 Å². The van der Waals surface area contributed by atoms with Crippen molar-refractivity contribution in [1.29, 1.82) is 0 Å². The monoisotopic (exact) mass is 309 g/mol. The molecule has 122 valence electrons. The smallest absolute Gasteiger partial charge is 0.308 e. The lowest BCUT2D eigenvalue weighted by molar-refractivity contribution is -0.142. The van der Waals surface area contributed by atoms with E-state index in [-0.39, 0.29) is 24.2 Å². The molecule has 0 saturated heterocycles. The van der Waals surface area contributed by atoms with E-state index >= 15 is 0 Å². The molecule has 0 aliphatic heterocycles. The normalized spacial score (nSPS) is 13.0. The van der Waals surface area contributed by atoms with Gasteiger partial charge >= 0.3 is 5.97 Å². The van der Waals surface area contributed by atoms with E-state index < -0.39 is 17.3 Å². The fraction of sp³-hybridized carbons (Fsp3) is 0.529. The van der Waals surface area contributed by atoms with Crippen LogP contribution in [0, 0.1) is 17.7 Å². The molecule has 22 heavy (non-hydrogen) atoms. The van der Waals surface area contributed by atoms with Crippen LogP contribution in [-0.2, 0) is 15.0 Å². The van der Waals surface area contributed by atoms with Crippen molar-refractivity contribution in [3.8, 4) is 0 Å². The Morgan fingerprint density at radius 1 is 1.23 bits per heavy atom. The fourth-order valence-corrected chi connectivity index (χ4v) is 2.28. The first-order valence-electron chi connectivity index (χ1n) is 7.41.